The lowest BCUT2D eigenvalue weighted by Gasteiger charge is -2.13. The van der Waals surface area contributed by atoms with Crippen LogP contribution in [0, 0.1) is 0 Å². The zero-order chi connectivity index (χ0) is 26.8. The lowest BCUT2D eigenvalue weighted by molar-refractivity contribution is -0.133. The molecule has 9 nitrogen and oxygen atoms in total. The van der Waals surface area contributed by atoms with Gasteiger partial charge in [0, 0.05) is 34.3 Å². The first-order valence-electron chi connectivity index (χ1n) is 11.6. The number of hydrogen-bond donors (Lipinski definition) is 0. The van der Waals surface area contributed by atoms with E-state index in [9.17, 15) is 9.59 Å². The molecule has 4 aromatic rings. The molecule has 38 heavy (non-hydrogen) atoms. The van der Waals surface area contributed by atoms with E-state index >= 15 is 0 Å². The first-order valence-corrected chi connectivity index (χ1v) is 12.4. The number of esters is 2. The van der Waals surface area contributed by atoms with Gasteiger partial charge in [-0.3, -0.25) is 0 Å². The van der Waals surface area contributed by atoms with E-state index in [0.717, 1.165) is 24.3 Å². The summed E-state index contributed by atoms with van der Waals surface area (Å²) in [7, 11) is 3.95. The molecule has 194 valence electrons. The highest BCUT2D eigenvalue weighted by Gasteiger charge is 2.26. The normalized spacial score (nSPS) is 14.0. The van der Waals surface area contributed by atoms with Crippen LogP contribution in [-0.4, -0.2) is 58.8 Å². The Hall–Kier alpha value is -3.92. The molecular weight excluding hydrogens is 531 g/mol. The van der Waals surface area contributed by atoms with Gasteiger partial charge in [-0.1, -0.05) is 29.3 Å². The Kier molecular flexibility index (Phi) is 7.33. The van der Waals surface area contributed by atoms with Crippen LogP contribution in [0.4, 0.5) is 0 Å². The monoisotopic (exact) mass is 552 g/mol. The number of aromatic nitrogens is 3. The summed E-state index contributed by atoms with van der Waals surface area (Å²) in [6.45, 7) is 1.58. The third-order valence-electron chi connectivity index (χ3n) is 5.72. The molecule has 11 heteroatoms. The van der Waals surface area contributed by atoms with Crippen molar-refractivity contribution >= 4 is 46.2 Å². The van der Waals surface area contributed by atoms with Crippen molar-refractivity contribution in [1.29, 1.82) is 0 Å². The van der Waals surface area contributed by atoms with Crippen molar-refractivity contribution < 1.29 is 23.8 Å². The summed E-state index contributed by atoms with van der Waals surface area (Å²) in [5.41, 5.74) is 2.36. The van der Waals surface area contributed by atoms with Crippen molar-refractivity contribution in [2.24, 2.45) is 0 Å². The molecule has 1 aliphatic rings. The van der Waals surface area contributed by atoms with Gasteiger partial charge in [-0.2, -0.15) is 5.10 Å². The molecule has 0 radical (unpaired) electrons. The highest BCUT2D eigenvalue weighted by Crippen LogP contribution is 2.41. The summed E-state index contributed by atoms with van der Waals surface area (Å²) in [6.07, 6.45) is 3.33. The van der Waals surface area contributed by atoms with Gasteiger partial charge in [0.1, 0.15) is 18.1 Å². The van der Waals surface area contributed by atoms with Crippen molar-refractivity contribution in [1.82, 2.24) is 19.7 Å². The van der Waals surface area contributed by atoms with Crippen LogP contribution in [0.25, 0.3) is 22.3 Å². The summed E-state index contributed by atoms with van der Waals surface area (Å²) in [4.78, 5) is 31.0. The summed E-state index contributed by atoms with van der Waals surface area (Å²) < 4.78 is 18.4. The number of ether oxygens (including phenoxy) is 3. The summed E-state index contributed by atoms with van der Waals surface area (Å²) in [5.74, 6) is -0.683. The van der Waals surface area contributed by atoms with Crippen LogP contribution in [0.2, 0.25) is 10.0 Å². The van der Waals surface area contributed by atoms with Crippen molar-refractivity contribution in [3.63, 3.8) is 0 Å². The van der Waals surface area contributed by atoms with E-state index in [-0.39, 0.29) is 18.0 Å². The molecule has 0 saturated heterocycles. The van der Waals surface area contributed by atoms with E-state index in [0.29, 0.717) is 44.7 Å². The fraction of sp³-hybridized carbons (Fsp3) is 0.185. The number of carbonyl (C=O) groups is 2. The van der Waals surface area contributed by atoms with Gasteiger partial charge in [0.15, 0.2) is 17.1 Å². The number of halogens is 2. The number of hydrogen-bond acceptors (Lipinski definition) is 8. The predicted octanol–water partition coefficient (Wildman–Crippen LogP) is 4.77. The first-order chi connectivity index (χ1) is 18.3. The van der Waals surface area contributed by atoms with Crippen LogP contribution in [0.1, 0.15) is 5.56 Å². The molecule has 2 aromatic heterocycles. The second kappa shape index (κ2) is 10.8. The average Bonchev–Trinajstić information content (AvgIpc) is 3.23. The van der Waals surface area contributed by atoms with Gasteiger partial charge in [-0.05, 0) is 56.1 Å². The maximum Gasteiger partial charge on any atom is 0.336 e. The van der Waals surface area contributed by atoms with Crippen molar-refractivity contribution in [3.8, 4) is 28.5 Å². The quantitative estimate of drug-likeness (QED) is 0.302. The lowest BCUT2D eigenvalue weighted by Crippen LogP contribution is -2.19. The molecule has 3 heterocycles. The number of likely N-dealkylation sites (N-methyl/N-ethyl adjacent to an activating group) is 1. The minimum Gasteiger partial charge on any atom is -0.492 e. The average molecular weight is 553 g/mol. The Morgan fingerprint density at radius 1 is 1.00 bits per heavy atom. The Labute approximate surface area is 228 Å². The molecule has 2 aromatic carbocycles. The van der Waals surface area contributed by atoms with Crippen molar-refractivity contribution in [3.05, 3.63) is 76.4 Å². The molecule has 0 bridgehead atoms. The molecule has 0 aliphatic carbocycles. The van der Waals surface area contributed by atoms with Crippen LogP contribution in [-0.2, 0) is 16.1 Å². The van der Waals surface area contributed by atoms with Gasteiger partial charge < -0.3 is 19.1 Å². The zero-order valence-electron chi connectivity index (χ0n) is 20.5. The van der Waals surface area contributed by atoms with Gasteiger partial charge in [0.05, 0.1) is 18.1 Å². The number of nitrogens with zero attached hydrogens (tertiary/aromatic N) is 4. The number of pyridine rings is 1. The molecule has 5 rings (SSSR count). The fourth-order valence-corrected chi connectivity index (χ4v) is 4.33. The number of benzene rings is 2. The van der Waals surface area contributed by atoms with E-state index in [1.165, 1.54) is 6.20 Å². The van der Waals surface area contributed by atoms with Crippen LogP contribution in [0.5, 0.6) is 17.2 Å². The second-order valence-corrected chi connectivity index (χ2v) is 9.59. The van der Waals surface area contributed by atoms with Gasteiger partial charge in [0.25, 0.3) is 0 Å². The minimum absolute atomic E-state index is 0.00849. The summed E-state index contributed by atoms with van der Waals surface area (Å²) in [6, 6.07) is 12.6. The maximum atomic E-state index is 12.4. The Morgan fingerprint density at radius 2 is 1.74 bits per heavy atom. The summed E-state index contributed by atoms with van der Waals surface area (Å²) >= 11 is 12.5. The number of fused-ring (bicyclic) bond motifs is 3. The van der Waals surface area contributed by atoms with Gasteiger partial charge in [0.2, 0.25) is 0 Å². The molecular formula is C27H22Cl2N4O5. The topological polar surface area (TPSA) is 95.8 Å². The Balaban J connectivity index is 1.62. The molecule has 0 unspecified atom stereocenters. The highest BCUT2D eigenvalue weighted by molar-refractivity contribution is 6.35. The molecule has 0 spiro atoms. The maximum absolute atomic E-state index is 12.4. The Morgan fingerprint density at radius 3 is 2.45 bits per heavy atom. The highest BCUT2D eigenvalue weighted by atomic mass is 35.5. The molecule has 1 aliphatic heterocycles. The van der Waals surface area contributed by atoms with Gasteiger partial charge in [-0.25, -0.2) is 19.3 Å². The molecule has 0 atom stereocenters. The molecule has 0 amide bonds. The SMILES string of the molecule is CN(C)CCOc1ccc(-c2nn(Cc3ccc(Cl)cc3Cl)c3ncc4c(c23)OC(=O)/C=C\C(=O)O4)cc1. The number of rotatable bonds is 7. The molecule has 0 saturated carbocycles. The first kappa shape index (κ1) is 25.7. The molecule has 0 fully saturated rings. The third kappa shape index (κ3) is 5.50. The molecule has 0 N–H and O–H groups in total. The van der Waals surface area contributed by atoms with Crippen LogP contribution < -0.4 is 14.2 Å². The second-order valence-electron chi connectivity index (χ2n) is 8.74. The van der Waals surface area contributed by atoms with E-state index in [4.69, 9.17) is 42.5 Å². The van der Waals surface area contributed by atoms with E-state index in [2.05, 4.69) is 4.98 Å². The van der Waals surface area contributed by atoms with Crippen molar-refractivity contribution in [2.75, 3.05) is 27.2 Å². The largest absolute Gasteiger partial charge is 0.492 e. The fourth-order valence-electron chi connectivity index (χ4n) is 3.86. The minimum atomic E-state index is -0.723. The van der Waals surface area contributed by atoms with Crippen LogP contribution in [0.3, 0.4) is 0 Å². The standard InChI is InChI=1S/C27H22Cl2N4O5/c1-32(2)11-12-36-19-7-4-16(5-8-19)25-24-26-21(37-22(34)9-10-23(35)38-26)14-30-27(24)33(31-25)15-17-3-6-18(28)13-20(17)29/h3-10,13-14H,11-12,15H2,1-2H3/b10-9-. The third-order valence-corrected chi connectivity index (χ3v) is 6.31. The smallest absolute Gasteiger partial charge is 0.336 e. The van der Waals surface area contributed by atoms with E-state index < -0.39 is 11.9 Å². The van der Waals surface area contributed by atoms with E-state index in [1.807, 2.05) is 43.3 Å². The number of carbonyl (C=O) groups excluding carboxylic acids is 2. The van der Waals surface area contributed by atoms with Crippen molar-refractivity contribution in [2.45, 2.75) is 6.54 Å². The van der Waals surface area contributed by atoms with Crippen LogP contribution in [0.15, 0.2) is 60.8 Å². The van der Waals surface area contributed by atoms with Gasteiger partial charge >= 0.3 is 11.9 Å². The Bertz CT molecular complexity index is 1560. The van der Waals surface area contributed by atoms with Gasteiger partial charge in [-0.15, -0.1) is 0 Å². The lowest BCUT2D eigenvalue weighted by atomic mass is 10.1. The predicted molar refractivity (Wildman–Crippen MR) is 143 cm³/mol. The van der Waals surface area contributed by atoms with E-state index in [1.54, 1.807) is 22.9 Å². The zero-order valence-corrected chi connectivity index (χ0v) is 22.0. The van der Waals surface area contributed by atoms with Crippen LogP contribution >= 0.6 is 23.2 Å². The summed E-state index contributed by atoms with van der Waals surface area (Å²) in [5, 5.41) is 6.20.